The van der Waals surface area contributed by atoms with E-state index < -0.39 is 18.0 Å². The highest BCUT2D eigenvalue weighted by Gasteiger charge is 2.39. The van der Waals surface area contributed by atoms with Gasteiger partial charge in [0.15, 0.2) is 0 Å². The van der Waals surface area contributed by atoms with Crippen molar-refractivity contribution in [2.24, 2.45) is 0 Å². The predicted molar refractivity (Wildman–Crippen MR) is 83.5 cm³/mol. The highest BCUT2D eigenvalue weighted by atomic mass is 19.4. The molecule has 1 unspecified atom stereocenters. The van der Waals surface area contributed by atoms with Crippen molar-refractivity contribution < 1.29 is 32.0 Å². The smallest absolute Gasteiger partial charge is 0.332 e. The first-order chi connectivity index (χ1) is 12.3. The van der Waals surface area contributed by atoms with Crippen molar-refractivity contribution in [2.75, 3.05) is 13.7 Å². The van der Waals surface area contributed by atoms with Crippen molar-refractivity contribution in [1.29, 1.82) is 0 Å². The van der Waals surface area contributed by atoms with Crippen molar-refractivity contribution in [3.63, 3.8) is 0 Å². The van der Waals surface area contributed by atoms with Crippen molar-refractivity contribution in [2.45, 2.75) is 32.4 Å². The molecule has 2 aromatic rings. The molecule has 0 bridgehead atoms. The Hall–Kier alpha value is -2.46. The van der Waals surface area contributed by atoms with Crippen molar-refractivity contribution >= 4 is 5.91 Å². The molecule has 0 aliphatic rings. The molecule has 1 aromatic heterocycles. The van der Waals surface area contributed by atoms with Crippen LogP contribution in [0.3, 0.4) is 0 Å². The van der Waals surface area contributed by atoms with E-state index in [1.807, 2.05) is 0 Å². The van der Waals surface area contributed by atoms with Gasteiger partial charge in [-0.3, -0.25) is 4.79 Å². The monoisotopic (exact) mass is 373 g/mol. The first-order valence-electron chi connectivity index (χ1n) is 7.77. The molecule has 1 heterocycles. The van der Waals surface area contributed by atoms with E-state index in [-0.39, 0.29) is 24.8 Å². The van der Waals surface area contributed by atoms with Gasteiger partial charge in [0.2, 0.25) is 11.7 Å². The van der Waals surface area contributed by atoms with Gasteiger partial charge >= 0.3 is 12.1 Å². The van der Waals surface area contributed by atoms with Crippen LogP contribution in [0.4, 0.5) is 13.2 Å². The van der Waals surface area contributed by atoms with Gasteiger partial charge in [0.1, 0.15) is 0 Å². The normalized spacial score (nSPS) is 14.1. The van der Waals surface area contributed by atoms with Crippen LogP contribution >= 0.6 is 0 Å². The minimum Gasteiger partial charge on any atom is -0.332 e. The van der Waals surface area contributed by atoms with Gasteiger partial charge in [-0.2, -0.15) is 18.2 Å². The molecule has 0 fully saturated rings. The predicted octanol–water partition coefficient (Wildman–Crippen LogP) is 3.07. The van der Waals surface area contributed by atoms with Gasteiger partial charge in [-0.1, -0.05) is 36.3 Å². The maximum absolute atomic E-state index is 12.6. The zero-order valence-corrected chi connectivity index (χ0v) is 14.4. The number of methoxy groups -OCH3 is 1. The second kappa shape index (κ2) is 7.83. The van der Waals surface area contributed by atoms with E-state index in [0.29, 0.717) is 11.1 Å². The fraction of sp³-hybridized carbons (Fsp3) is 0.438. The van der Waals surface area contributed by atoms with Crippen LogP contribution in [0.5, 0.6) is 0 Å². The van der Waals surface area contributed by atoms with Gasteiger partial charge < -0.3 is 19.3 Å². The lowest BCUT2D eigenvalue weighted by Gasteiger charge is -2.32. The highest BCUT2D eigenvalue weighted by Crippen LogP contribution is 2.30. The number of benzene rings is 1. The lowest BCUT2D eigenvalue weighted by Crippen LogP contribution is -2.49. The number of alkyl halides is 3. The number of ether oxygens (including phenoxy) is 2. The minimum absolute atomic E-state index is 0.208. The molecule has 1 N–H and O–H groups in total. The Morgan fingerprint density at radius 1 is 1.23 bits per heavy atom. The Morgan fingerprint density at radius 3 is 2.35 bits per heavy atom. The largest absolute Gasteiger partial charge is 0.471 e. The van der Waals surface area contributed by atoms with E-state index in [1.54, 1.807) is 13.8 Å². The quantitative estimate of drug-likeness (QED) is 0.751. The van der Waals surface area contributed by atoms with E-state index in [9.17, 15) is 18.0 Å². The Morgan fingerprint density at radius 2 is 1.88 bits per heavy atom. The summed E-state index contributed by atoms with van der Waals surface area (Å²) in [4.78, 5) is 15.1. The summed E-state index contributed by atoms with van der Waals surface area (Å²) >= 11 is 0. The number of nitrogens with zero attached hydrogens (tertiary/aromatic N) is 2. The summed E-state index contributed by atoms with van der Waals surface area (Å²) in [6.07, 6.45) is -4.49. The van der Waals surface area contributed by atoms with Crippen molar-refractivity contribution in [1.82, 2.24) is 15.5 Å². The lowest BCUT2D eigenvalue weighted by molar-refractivity contribution is -0.248. The summed E-state index contributed by atoms with van der Waals surface area (Å²) < 4.78 is 52.8. The fourth-order valence-corrected chi connectivity index (χ4v) is 2.19. The maximum Gasteiger partial charge on any atom is 0.471 e. The van der Waals surface area contributed by atoms with Crippen LogP contribution in [0.2, 0.25) is 0 Å². The molecule has 1 aromatic carbocycles. The first kappa shape index (κ1) is 19.9. The summed E-state index contributed by atoms with van der Waals surface area (Å²) in [5.41, 5.74) is 0.753. The van der Waals surface area contributed by atoms with Crippen molar-refractivity contribution in [3.8, 4) is 11.4 Å². The minimum atomic E-state index is -4.71. The molecule has 0 saturated heterocycles. The van der Waals surface area contributed by atoms with Gasteiger partial charge in [-0.15, -0.1) is 0 Å². The Labute approximate surface area is 147 Å². The number of hydrogen-bond donors (Lipinski definition) is 1. The maximum atomic E-state index is 12.6. The third-order valence-electron chi connectivity index (χ3n) is 3.45. The van der Waals surface area contributed by atoms with E-state index >= 15 is 0 Å². The van der Waals surface area contributed by atoms with E-state index in [0.717, 1.165) is 0 Å². The van der Waals surface area contributed by atoms with Gasteiger partial charge in [-0.05, 0) is 6.92 Å². The second-order valence-corrected chi connectivity index (χ2v) is 5.15. The standard InChI is InChI=1S/C16H18F3N3O4/c1-4-12(23)21-16(24-3,25-5-2)11-8-6-10(7-9-11)13-20-14(26-22-13)15(17,18)19/h6-9H,4-5H2,1-3H3,(H,21,23). The zero-order valence-electron chi connectivity index (χ0n) is 14.4. The van der Waals surface area contributed by atoms with E-state index in [1.165, 1.54) is 31.4 Å². The molecule has 0 saturated carbocycles. The summed E-state index contributed by atoms with van der Waals surface area (Å²) in [5, 5.41) is 5.97. The molecule has 7 nitrogen and oxygen atoms in total. The molecule has 0 aliphatic carbocycles. The molecule has 2 rings (SSSR count). The summed E-state index contributed by atoms with van der Waals surface area (Å²) in [6.45, 7) is 3.66. The highest BCUT2D eigenvalue weighted by molar-refractivity contribution is 5.76. The molecular formula is C16H18F3N3O4. The van der Waals surface area contributed by atoms with Crippen LogP contribution in [0.25, 0.3) is 11.4 Å². The zero-order chi connectivity index (χ0) is 19.4. The van der Waals surface area contributed by atoms with Crippen LogP contribution in [-0.2, 0) is 26.4 Å². The van der Waals surface area contributed by atoms with Crippen LogP contribution in [0.1, 0.15) is 31.7 Å². The number of carbonyl (C=O) groups is 1. The number of nitrogens with one attached hydrogen (secondary N) is 1. The van der Waals surface area contributed by atoms with Crippen molar-refractivity contribution in [3.05, 3.63) is 35.7 Å². The second-order valence-electron chi connectivity index (χ2n) is 5.15. The van der Waals surface area contributed by atoms with E-state index in [2.05, 4.69) is 20.0 Å². The number of amides is 1. The molecule has 0 aliphatic heterocycles. The number of halogens is 3. The van der Waals surface area contributed by atoms with Crippen LogP contribution in [0.15, 0.2) is 28.8 Å². The third-order valence-corrected chi connectivity index (χ3v) is 3.45. The summed E-state index contributed by atoms with van der Waals surface area (Å²) in [6, 6.07) is 6.03. The number of hydrogen-bond acceptors (Lipinski definition) is 6. The van der Waals surface area contributed by atoms with Crippen LogP contribution < -0.4 is 5.32 Å². The number of aromatic nitrogens is 2. The van der Waals surface area contributed by atoms with Crippen LogP contribution in [0, 0.1) is 0 Å². The number of rotatable bonds is 7. The molecule has 1 atom stereocenters. The summed E-state index contributed by atoms with van der Waals surface area (Å²) in [7, 11) is 1.37. The molecule has 1 amide bonds. The average molecular weight is 373 g/mol. The average Bonchev–Trinajstić information content (AvgIpc) is 3.12. The van der Waals surface area contributed by atoms with Gasteiger partial charge in [0, 0.05) is 31.3 Å². The lowest BCUT2D eigenvalue weighted by atomic mass is 10.1. The van der Waals surface area contributed by atoms with Gasteiger partial charge in [0.05, 0.1) is 0 Å². The van der Waals surface area contributed by atoms with Crippen LogP contribution in [-0.4, -0.2) is 29.8 Å². The first-order valence-corrected chi connectivity index (χ1v) is 7.77. The Bertz CT molecular complexity index is 746. The molecule has 10 heteroatoms. The topological polar surface area (TPSA) is 86.5 Å². The summed E-state index contributed by atoms with van der Waals surface area (Å²) in [5.74, 6) is -3.43. The van der Waals surface area contributed by atoms with Gasteiger partial charge in [-0.25, -0.2) is 0 Å². The van der Waals surface area contributed by atoms with E-state index in [4.69, 9.17) is 9.47 Å². The van der Waals surface area contributed by atoms with Gasteiger partial charge in [0.25, 0.3) is 5.91 Å². The third kappa shape index (κ3) is 4.20. The molecule has 0 radical (unpaired) electrons. The Kier molecular flexibility index (Phi) is 5.98. The SMILES string of the molecule is CCOC(NC(=O)CC)(OC)c1ccc(-c2noc(C(F)(F)F)n2)cc1. The molecule has 0 spiro atoms. The fourth-order valence-electron chi connectivity index (χ4n) is 2.19. The number of carbonyl (C=O) groups excluding carboxylic acids is 1. The molecule has 26 heavy (non-hydrogen) atoms. The Balaban J connectivity index is 2.33. The molecule has 142 valence electrons. The molecular weight excluding hydrogens is 355 g/mol.